The van der Waals surface area contributed by atoms with Crippen molar-refractivity contribution >= 4 is 29.9 Å². The molecule has 2 heterocycles. The summed E-state index contributed by atoms with van der Waals surface area (Å²) in [6, 6.07) is 0.618. The summed E-state index contributed by atoms with van der Waals surface area (Å²) >= 11 is 0. The number of rotatable bonds is 7. The number of likely N-dealkylation sites (tertiary alicyclic amines) is 1. The molecular formula is C20H39IN6. The second kappa shape index (κ2) is 11.2. The Balaban J connectivity index is 0.00000364. The van der Waals surface area contributed by atoms with E-state index in [1.807, 2.05) is 18.8 Å². The lowest BCUT2D eigenvalue weighted by Gasteiger charge is -2.28. The van der Waals surface area contributed by atoms with Crippen LogP contribution in [0.3, 0.4) is 0 Å². The number of hydrogen-bond donors (Lipinski definition) is 1. The van der Waals surface area contributed by atoms with Crippen LogP contribution in [0.5, 0.6) is 0 Å². The molecule has 27 heavy (non-hydrogen) atoms. The second-order valence-electron chi connectivity index (χ2n) is 8.34. The number of aliphatic imine (C=N–C) groups is 1. The van der Waals surface area contributed by atoms with Gasteiger partial charge in [-0.15, -0.1) is 24.0 Å². The quantitative estimate of drug-likeness (QED) is 0.362. The summed E-state index contributed by atoms with van der Waals surface area (Å²) in [5.41, 5.74) is 2.45. The first-order valence-electron chi connectivity index (χ1n) is 10.00. The number of halogens is 1. The number of aromatic nitrogens is 2. The van der Waals surface area contributed by atoms with E-state index in [1.54, 1.807) is 0 Å². The van der Waals surface area contributed by atoms with Gasteiger partial charge in [0.2, 0.25) is 0 Å². The van der Waals surface area contributed by atoms with Gasteiger partial charge in [-0.2, -0.15) is 5.10 Å². The van der Waals surface area contributed by atoms with Crippen molar-refractivity contribution < 1.29 is 0 Å². The van der Waals surface area contributed by atoms with Gasteiger partial charge in [0, 0.05) is 58.6 Å². The molecule has 6 nitrogen and oxygen atoms in total. The number of guanidine groups is 1. The Morgan fingerprint density at radius 3 is 2.67 bits per heavy atom. The molecule has 1 N–H and O–H groups in total. The molecule has 0 amide bonds. The highest BCUT2D eigenvalue weighted by Crippen LogP contribution is 2.19. The fraction of sp³-hybridized carbons (Fsp3) is 0.800. The third-order valence-electron chi connectivity index (χ3n) is 5.06. The van der Waals surface area contributed by atoms with E-state index < -0.39 is 0 Å². The maximum Gasteiger partial charge on any atom is 0.193 e. The number of nitrogens with one attached hydrogen (secondary N) is 1. The fourth-order valence-electron chi connectivity index (χ4n) is 3.92. The van der Waals surface area contributed by atoms with Gasteiger partial charge >= 0.3 is 0 Å². The van der Waals surface area contributed by atoms with Gasteiger partial charge in [0.15, 0.2) is 5.96 Å². The second-order valence-corrected chi connectivity index (χ2v) is 8.34. The summed E-state index contributed by atoms with van der Waals surface area (Å²) in [6.45, 7) is 13.2. The van der Waals surface area contributed by atoms with Crippen molar-refractivity contribution in [2.24, 2.45) is 18.0 Å². The minimum atomic E-state index is 0. The average Bonchev–Trinajstić information content (AvgIpc) is 3.14. The summed E-state index contributed by atoms with van der Waals surface area (Å²) in [5.74, 6) is 2.11. The zero-order valence-corrected chi connectivity index (χ0v) is 20.5. The van der Waals surface area contributed by atoms with E-state index in [2.05, 4.69) is 66.1 Å². The lowest BCUT2D eigenvalue weighted by Crippen LogP contribution is -2.46. The summed E-state index contributed by atoms with van der Waals surface area (Å²) in [6.07, 6.45) is 4.71. The van der Waals surface area contributed by atoms with Crippen LogP contribution >= 0.6 is 24.0 Å². The van der Waals surface area contributed by atoms with Gasteiger partial charge in [-0.1, -0.05) is 27.7 Å². The molecular weight excluding hydrogens is 451 g/mol. The van der Waals surface area contributed by atoms with Gasteiger partial charge in [-0.3, -0.25) is 14.6 Å². The van der Waals surface area contributed by atoms with Crippen molar-refractivity contribution in [1.29, 1.82) is 0 Å². The Labute approximate surface area is 182 Å². The van der Waals surface area contributed by atoms with E-state index in [1.165, 1.54) is 37.2 Å². The van der Waals surface area contributed by atoms with Crippen molar-refractivity contribution in [1.82, 2.24) is 24.9 Å². The Morgan fingerprint density at radius 2 is 2.07 bits per heavy atom. The number of nitrogens with zero attached hydrogens (tertiary/aromatic N) is 5. The highest BCUT2D eigenvalue weighted by atomic mass is 127. The van der Waals surface area contributed by atoms with Crippen LogP contribution < -0.4 is 5.32 Å². The summed E-state index contributed by atoms with van der Waals surface area (Å²) in [5, 5.41) is 8.22. The Bertz CT molecular complexity index is 595. The molecule has 1 atom stereocenters. The van der Waals surface area contributed by atoms with Gasteiger partial charge in [-0.05, 0) is 31.2 Å². The van der Waals surface area contributed by atoms with E-state index in [-0.39, 0.29) is 24.0 Å². The molecule has 1 saturated heterocycles. The van der Waals surface area contributed by atoms with Crippen molar-refractivity contribution in [3.63, 3.8) is 0 Å². The molecule has 0 aromatic carbocycles. The zero-order valence-electron chi connectivity index (χ0n) is 18.2. The smallest absolute Gasteiger partial charge is 0.193 e. The SMILES string of the molecule is CN=C(NC[C@H]1CCCN1CC(C)C)N(C)Cc1cn(C)nc1C(C)C.I. The van der Waals surface area contributed by atoms with Gasteiger partial charge in [0.1, 0.15) is 0 Å². The van der Waals surface area contributed by atoms with Crippen molar-refractivity contribution in [3.8, 4) is 0 Å². The van der Waals surface area contributed by atoms with Crippen LogP contribution in [0, 0.1) is 5.92 Å². The lowest BCUT2D eigenvalue weighted by molar-refractivity contribution is 0.225. The van der Waals surface area contributed by atoms with E-state index >= 15 is 0 Å². The predicted molar refractivity (Wildman–Crippen MR) is 125 cm³/mol. The standard InChI is InChI=1S/C20H38N6.HI/c1-15(2)12-26-10-8-9-18(26)11-22-20(21-5)24(6)13-17-14-25(7)23-19(17)16(3)4;/h14-16,18H,8-13H2,1-7H3,(H,21,22);1H/t18-;/m1./s1. The molecule has 2 rings (SSSR count). The van der Waals surface area contributed by atoms with Gasteiger partial charge in [0.05, 0.1) is 5.69 Å². The van der Waals surface area contributed by atoms with E-state index in [0.29, 0.717) is 12.0 Å². The molecule has 1 aliphatic heterocycles. The average molecular weight is 490 g/mol. The molecule has 0 radical (unpaired) electrons. The molecule has 7 heteroatoms. The molecule has 1 aromatic heterocycles. The fourth-order valence-corrected chi connectivity index (χ4v) is 3.92. The van der Waals surface area contributed by atoms with Gasteiger partial charge in [0.25, 0.3) is 0 Å². The van der Waals surface area contributed by atoms with Crippen LogP contribution in [0.2, 0.25) is 0 Å². The van der Waals surface area contributed by atoms with Gasteiger partial charge in [-0.25, -0.2) is 0 Å². The zero-order chi connectivity index (χ0) is 19.3. The highest BCUT2D eigenvalue weighted by Gasteiger charge is 2.25. The normalized spacial score (nSPS) is 18.3. The molecule has 0 bridgehead atoms. The van der Waals surface area contributed by atoms with Crippen LogP contribution in [-0.2, 0) is 13.6 Å². The van der Waals surface area contributed by atoms with Crippen molar-refractivity contribution in [2.45, 2.75) is 59.0 Å². The Kier molecular flexibility index (Phi) is 10.1. The Morgan fingerprint density at radius 1 is 1.37 bits per heavy atom. The van der Waals surface area contributed by atoms with Crippen LogP contribution in [0.25, 0.3) is 0 Å². The topological polar surface area (TPSA) is 48.7 Å². The molecule has 0 spiro atoms. The van der Waals surface area contributed by atoms with E-state index in [9.17, 15) is 0 Å². The Hall–Kier alpha value is -0.830. The van der Waals surface area contributed by atoms with Crippen LogP contribution in [0.1, 0.15) is 57.7 Å². The summed E-state index contributed by atoms with van der Waals surface area (Å²) in [7, 11) is 5.96. The first-order chi connectivity index (χ1) is 12.3. The maximum atomic E-state index is 4.62. The minimum Gasteiger partial charge on any atom is -0.355 e. The van der Waals surface area contributed by atoms with Crippen molar-refractivity contribution in [2.75, 3.05) is 33.7 Å². The van der Waals surface area contributed by atoms with Crippen LogP contribution in [0.4, 0.5) is 0 Å². The van der Waals surface area contributed by atoms with Crippen LogP contribution in [0.15, 0.2) is 11.2 Å². The minimum absolute atomic E-state index is 0. The first-order valence-corrected chi connectivity index (χ1v) is 10.00. The number of hydrogen-bond acceptors (Lipinski definition) is 3. The maximum absolute atomic E-state index is 4.62. The molecule has 1 fully saturated rings. The summed E-state index contributed by atoms with van der Waals surface area (Å²) < 4.78 is 1.91. The highest BCUT2D eigenvalue weighted by molar-refractivity contribution is 14.0. The van der Waals surface area contributed by atoms with E-state index in [4.69, 9.17) is 0 Å². The van der Waals surface area contributed by atoms with Crippen molar-refractivity contribution in [3.05, 3.63) is 17.5 Å². The number of aryl methyl sites for hydroxylation is 1. The summed E-state index contributed by atoms with van der Waals surface area (Å²) in [4.78, 5) is 9.33. The van der Waals surface area contributed by atoms with Crippen LogP contribution in [-0.4, -0.2) is 65.3 Å². The largest absolute Gasteiger partial charge is 0.355 e. The monoisotopic (exact) mass is 490 g/mol. The molecule has 0 aliphatic carbocycles. The first kappa shape index (κ1) is 24.2. The molecule has 1 aliphatic rings. The molecule has 1 aromatic rings. The third kappa shape index (κ3) is 6.93. The van der Waals surface area contributed by atoms with Gasteiger partial charge < -0.3 is 10.2 Å². The lowest BCUT2D eigenvalue weighted by atomic mass is 10.1. The third-order valence-corrected chi connectivity index (χ3v) is 5.06. The molecule has 156 valence electrons. The molecule has 0 saturated carbocycles. The van der Waals surface area contributed by atoms with E-state index in [0.717, 1.165) is 25.0 Å². The molecule has 0 unspecified atom stereocenters. The predicted octanol–water partition coefficient (Wildman–Crippen LogP) is 3.29.